The minimum atomic E-state index is -0.0622. The second-order valence-electron chi connectivity index (χ2n) is 9.15. The highest BCUT2D eigenvalue weighted by atomic mass is 16.4. The first-order valence-corrected chi connectivity index (χ1v) is 12.0. The van der Waals surface area contributed by atoms with Gasteiger partial charge in [-0.1, -0.05) is 30.3 Å². The van der Waals surface area contributed by atoms with Gasteiger partial charge in [0, 0.05) is 25.2 Å². The normalized spacial score (nSPS) is 15.5. The number of para-hydroxylation sites is 4. The molecule has 1 amide bonds. The Bertz CT molecular complexity index is 1730. The second-order valence-corrected chi connectivity index (χ2v) is 9.15. The SMILES string of the molecule is CC(=O)N1c2ccc(-c3cnn(-c4nc5ccccc5o4)c3)cc2N(c2nc3ccccc3o2)C[C@@H]1C. The monoisotopic (exact) mass is 490 g/mol. The highest BCUT2D eigenvalue weighted by Gasteiger charge is 2.33. The van der Waals surface area contributed by atoms with Gasteiger partial charge in [0.2, 0.25) is 5.91 Å². The Balaban J connectivity index is 1.32. The minimum Gasteiger partial charge on any atom is -0.423 e. The van der Waals surface area contributed by atoms with Crippen molar-refractivity contribution in [2.45, 2.75) is 19.9 Å². The third-order valence-electron chi connectivity index (χ3n) is 6.66. The van der Waals surface area contributed by atoms with Crippen LogP contribution < -0.4 is 9.80 Å². The Morgan fingerprint density at radius 1 is 0.865 bits per heavy atom. The van der Waals surface area contributed by atoms with Crippen molar-refractivity contribution >= 4 is 45.5 Å². The Morgan fingerprint density at radius 3 is 2.24 bits per heavy atom. The van der Waals surface area contributed by atoms with Crippen LogP contribution in [0, 0.1) is 0 Å². The molecule has 37 heavy (non-hydrogen) atoms. The van der Waals surface area contributed by atoms with E-state index in [0.717, 1.165) is 39.1 Å². The molecule has 0 aliphatic carbocycles. The van der Waals surface area contributed by atoms with Crippen molar-refractivity contribution in [2.75, 3.05) is 16.3 Å². The fourth-order valence-corrected chi connectivity index (χ4v) is 4.98. The van der Waals surface area contributed by atoms with Gasteiger partial charge in [-0.2, -0.15) is 19.7 Å². The Morgan fingerprint density at radius 2 is 1.54 bits per heavy atom. The molecule has 1 aliphatic rings. The van der Waals surface area contributed by atoms with Crippen LogP contribution in [0.2, 0.25) is 0 Å². The number of aromatic nitrogens is 4. The topological polar surface area (TPSA) is 93.4 Å². The maximum absolute atomic E-state index is 12.6. The van der Waals surface area contributed by atoms with Gasteiger partial charge >= 0.3 is 12.0 Å². The van der Waals surface area contributed by atoms with E-state index in [1.54, 1.807) is 17.8 Å². The van der Waals surface area contributed by atoms with E-state index in [-0.39, 0.29) is 11.9 Å². The van der Waals surface area contributed by atoms with E-state index in [4.69, 9.17) is 13.8 Å². The van der Waals surface area contributed by atoms with Crippen LogP contribution >= 0.6 is 0 Å². The molecule has 0 fully saturated rings. The van der Waals surface area contributed by atoms with E-state index < -0.39 is 0 Å². The largest absolute Gasteiger partial charge is 0.423 e. The fraction of sp³-hybridized carbons (Fsp3) is 0.143. The molecule has 0 unspecified atom stereocenters. The zero-order chi connectivity index (χ0) is 25.1. The van der Waals surface area contributed by atoms with Crippen LogP contribution in [-0.4, -0.2) is 38.2 Å². The summed E-state index contributed by atoms with van der Waals surface area (Å²) in [5.41, 5.74) is 6.45. The molecule has 9 nitrogen and oxygen atoms in total. The van der Waals surface area contributed by atoms with Gasteiger partial charge in [-0.15, -0.1) is 0 Å². The van der Waals surface area contributed by atoms with Crippen molar-refractivity contribution in [3.63, 3.8) is 0 Å². The number of carbonyl (C=O) groups is 1. The molecule has 182 valence electrons. The van der Waals surface area contributed by atoms with E-state index in [1.165, 1.54) is 0 Å². The Kier molecular flexibility index (Phi) is 4.65. The predicted octanol–water partition coefficient (Wildman–Crippen LogP) is 5.71. The molecule has 4 heterocycles. The van der Waals surface area contributed by atoms with Crippen molar-refractivity contribution in [3.05, 3.63) is 79.1 Å². The van der Waals surface area contributed by atoms with Crippen molar-refractivity contribution in [1.29, 1.82) is 0 Å². The van der Waals surface area contributed by atoms with E-state index in [9.17, 15) is 4.79 Å². The smallest absolute Gasteiger partial charge is 0.323 e. The third-order valence-corrected chi connectivity index (χ3v) is 6.66. The summed E-state index contributed by atoms with van der Waals surface area (Å²) >= 11 is 0. The molecule has 0 N–H and O–H groups in total. The quantitative estimate of drug-likeness (QED) is 0.313. The molecule has 7 rings (SSSR count). The highest BCUT2D eigenvalue weighted by molar-refractivity contribution is 5.99. The van der Waals surface area contributed by atoms with Gasteiger partial charge in [0.05, 0.1) is 23.6 Å². The molecular formula is C28H22N6O3. The standard InChI is InChI=1S/C28H22N6O3/c1-17-15-32(27-30-21-7-3-5-9-25(21)36-27)24-13-19(11-12-23(24)34(17)18(2)35)20-14-29-33(16-20)28-31-22-8-4-6-10-26(22)37-28/h3-14,16-17H,15H2,1-2H3/t17-/m0/s1. The van der Waals surface area contributed by atoms with Crippen LogP contribution in [0.3, 0.4) is 0 Å². The minimum absolute atomic E-state index is 0.0116. The van der Waals surface area contributed by atoms with E-state index >= 15 is 0 Å². The van der Waals surface area contributed by atoms with Crippen LogP contribution in [-0.2, 0) is 4.79 Å². The lowest BCUT2D eigenvalue weighted by Crippen LogP contribution is -2.48. The zero-order valence-electron chi connectivity index (χ0n) is 20.2. The third kappa shape index (κ3) is 3.47. The first kappa shape index (κ1) is 21.4. The number of carbonyl (C=O) groups excluding carboxylic acids is 1. The second kappa shape index (κ2) is 8.06. The van der Waals surface area contributed by atoms with Crippen LogP contribution in [0.25, 0.3) is 39.3 Å². The number of benzene rings is 3. The van der Waals surface area contributed by atoms with Crippen molar-refractivity contribution < 1.29 is 13.6 Å². The molecule has 3 aromatic heterocycles. The number of rotatable bonds is 3. The van der Waals surface area contributed by atoms with Gasteiger partial charge in [0.25, 0.3) is 0 Å². The van der Waals surface area contributed by atoms with Gasteiger partial charge in [-0.3, -0.25) is 9.69 Å². The van der Waals surface area contributed by atoms with Gasteiger partial charge < -0.3 is 13.7 Å². The molecule has 9 heteroatoms. The summed E-state index contributed by atoms with van der Waals surface area (Å²) in [7, 11) is 0. The lowest BCUT2D eigenvalue weighted by Gasteiger charge is -2.40. The van der Waals surface area contributed by atoms with Crippen LogP contribution in [0.1, 0.15) is 13.8 Å². The number of anilines is 3. The van der Waals surface area contributed by atoms with Gasteiger partial charge in [-0.05, 0) is 48.9 Å². The van der Waals surface area contributed by atoms with E-state index in [0.29, 0.717) is 24.2 Å². The molecule has 0 radical (unpaired) electrons. The highest BCUT2D eigenvalue weighted by Crippen LogP contribution is 2.42. The molecular weight excluding hydrogens is 468 g/mol. The average molecular weight is 491 g/mol. The number of amides is 1. The van der Waals surface area contributed by atoms with Crippen molar-refractivity contribution in [1.82, 2.24) is 19.7 Å². The number of hydrogen-bond acceptors (Lipinski definition) is 7. The summed E-state index contributed by atoms with van der Waals surface area (Å²) in [5.74, 6) is -0.0116. The molecule has 0 spiro atoms. The molecule has 0 saturated heterocycles. The first-order valence-electron chi connectivity index (χ1n) is 12.0. The maximum atomic E-state index is 12.6. The van der Waals surface area contributed by atoms with Crippen molar-refractivity contribution in [3.8, 4) is 17.1 Å². The summed E-state index contributed by atoms with van der Waals surface area (Å²) < 4.78 is 13.6. The van der Waals surface area contributed by atoms with Gasteiger partial charge in [-0.25, -0.2) is 0 Å². The summed E-state index contributed by atoms with van der Waals surface area (Å²) in [6, 6.07) is 22.1. The van der Waals surface area contributed by atoms with Gasteiger partial charge in [0.15, 0.2) is 11.2 Å². The predicted molar refractivity (Wildman–Crippen MR) is 140 cm³/mol. The first-order chi connectivity index (χ1) is 18.0. The summed E-state index contributed by atoms with van der Waals surface area (Å²) in [6.45, 7) is 4.16. The van der Waals surface area contributed by atoms with Crippen LogP contribution in [0.4, 0.5) is 17.4 Å². The van der Waals surface area contributed by atoms with Crippen LogP contribution in [0.15, 0.2) is 88.0 Å². The molecule has 1 atom stereocenters. The summed E-state index contributed by atoms with van der Waals surface area (Å²) in [6.07, 6.45) is 3.65. The van der Waals surface area contributed by atoms with Crippen molar-refractivity contribution in [2.24, 2.45) is 0 Å². The van der Waals surface area contributed by atoms with Gasteiger partial charge in [0.1, 0.15) is 11.0 Å². The van der Waals surface area contributed by atoms with E-state index in [1.807, 2.05) is 89.7 Å². The lowest BCUT2D eigenvalue weighted by molar-refractivity contribution is -0.117. The Labute approximate surface area is 211 Å². The number of fused-ring (bicyclic) bond motifs is 3. The maximum Gasteiger partial charge on any atom is 0.323 e. The lowest BCUT2D eigenvalue weighted by atomic mass is 10.0. The number of oxazole rings is 2. The Hall–Kier alpha value is -4.92. The average Bonchev–Trinajstić information content (AvgIpc) is 3.65. The fourth-order valence-electron chi connectivity index (χ4n) is 4.98. The zero-order valence-corrected chi connectivity index (χ0v) is 20.2. The summed E-state index contributed by atoms with van der Waals surface area (Å²) in [4.78, 5) is 25.7. The molecule has 0 saturated carbocycles. The number of hydrogen-bond donors (Lipinski definition) is 0. The molecule has 3 aromatic carbocycles. The molecule has 0 bridgehead atoms. The number of nitrogens with zero attached hydrogens (tertiary/aromatic N) is 6. The molecule has 6 aromatic rings. The molecule has 1 aliphatic heterocycles. The summed E-state index contributed by atoms with van der Waals surface area (Å²) in [5, 5.41) is 4.48. The van der Waals surface area contributed by atoms with E-state index in [2.05, 4.69) is 10.1 Å². The van der Waals surface area contributed by atoms with Crippen LogP contribution in [0.5, 0.6) is 0 Å².